The first kappa shape index (κ1) is 15.1. The molecule has 0 aromatic heterocycles. The van der Waals surface area contributed by atoms with E-state index in [1.54, 1.807) is 0 Å². The molecule has 0 spiro atoms. The van der Waals surface area contributed by atoms with Gasteiger partial charge in [0.25, 0.3) is 0 Å². The lowest BCUT2D eigenvalue weighted by molar-refractivity contribution is -0.199. The van der Waals surface area contributed by atoms with Crippen LogP contribution in [0.5, 0.6) is 0 Å². The normalized spacial score (nSPS) is 54.2. The summed E-state index contributed by atoms with van der Waals surface area (Å²) >= 11 is 0. The van der Waals surface area contributed by atoms with Crippen molar-refractivity contribution in [2.45, 2.75) is 70.6 Å². The molecule has 0 aliphatic heterocycles. The summed E-state index contributed by atoms with van der Waals surface area (Å²) in [6, 6.07) is 0. The summed E-state index contributed by atoms with van der Waals surface area (Å²) in [4.78, 5) is 0. The largest absolute Gasteiger partial charge is 0.395 e. The minimum atomic E-state index is -1.99. The standard InChI is InChI=1S/C19H29FO2/c1-17-10-7-16-14(15(17)8-11-19(17,20)22)6-5-13-4-2-3-9-18(13,16)12-21/h5,14-16,21-22H,2-4,6-12H2,1H3/t14-,15-,16+,17-,18+,19?/m0/s1. The van der Waals surface area contributed by atoms with E-state index in [-0.39, 0.29) is 17.9 Å². The number of alkyl halides is 1. The summed E-state index contributed by atoms with van der Waals surface area (Å²) < 4.78 is 14.7. The Morgan fingerprint density at radius 2 is 1.95 bits per heavy atom. The summed E-state index contributed by atoms with van der Waals surface area (Å²) in [7, 11) is 0. The lowest BCUT2D eigenvalue weighted by Gasteiger charge is -2.58. The number of fused-ring (bicyclic) bond motifs is 5. The average Bonchev–Trinajstić information content (AvgIpc) is 2.77. The van der Waals surface area contributed by atoms with Crippen LogP contribution in [0.1, 0.15) is 64.7 Å². The molecule has 0 amide bonds. The van der Waals surface area contributed by atoms with Gasteiger partial charge in [-0.15, -0.1) is 0 Å². The van der Waals surface area contributed by atoms with E-state index >= 15 is 0 Å². The van der Waals surface area contributed by atoms with Crippen LogP contribution in [0.3, 0.4) is 0 Å². The van der Waals surface area contributed by atoms with E-state index in [2.05, 4.69) is 6.08 Å². The smallest absolute Gasteiger partial charge is 0.212 e. The maximum Gasteiger partial charge on any atom is 0.212 e. The van der Waals surface area contributed by atoms with Gasteiger partial charge in [-0.3, -0.25) is 0 Å². The van der Waals surface area contributed by atoms with E-state index in [1.807, 2.05) is 6.92 Å². The third kappa shape index (κ3) is 1.73. The van der Waals surface area contributed by atoms with E-state index in [1.165, 1.54) is 18.4 Å². The van der Waals surface area contributed by atoms with E-state index in [9.17, 15) is 14.6 Å². The van der Waals surface area contributed by atoms with E-state index < -0.39 is 11.3 Å². The van der Waals surface area contributed by atoms with Gasteiger partial charge in [0.15, 0.2) is 0 Å². The van der Waals surface area contributed by atoms with Crippen molar-refractivity contribution in [1.29, 1.82) is 0 Å². The second-order valence-corrected chi connectivity index (χ2v) is 8.62. The Kier molecular flexibility index (Phi) is 3.30. The van der Waals surface area contributed by atoms with Gasteiger partial charge in [-0.25, -0.2) is 4.39 Å². The van der Waals surface area contributed by atoms with Crippen molar-refractivity contribution in [3.8, 4) is 0 Å². The van der Waals surface area contributed by atoms with Crippen LogP contribution >= 0.6 is 0 Å². The maximum absolute atomic E-state index is 14.7. The molecular formula is C19H29FO2. The molecular weight excluding hydrogens is 279 g/mol. The van der Waals surface area contributed by atoms with Gasteiger partial charge in [0.05, 0.1) is 6.61 Å². The second kappa shape index (κ2) is 4.80. The highest BCUT2D eigenvalue weighted by atomic mass is 19.2. The van der Waals surface area contributed by atoms with Crippen LogP contribution in [-0.4, -0.2) is 22.7 Å². The average molecular weight is 308 g/mol. The zero-order valence-corrected chi connectivity index (χ0v) is 13.7. The molecule has 3 saturated carbocycles. The van der Waals surface area contributed by atoms with Crippen molar-refractivity contribution in [2.75, 3.05) is 6.61 Å². The fraction of sp³-hybridized carbons (Fsp3) is 0.895. The summed E-state index contributed by atoms with van der Waals surface area (Å²) in [6.45, 7) is 2.22. The predicted molar refractivity (Wildman–Crippen MR) is 83.8 cm³/mol. The quantitative estimate of drug-likeness (QED) is 0.720. The van der Waals surface area contributed by atoms with E-state index in [0.717, 1.165) is 38.5 Å². The number of hydrogen-bond acceptors (Lipinski definition) is 2. The van der Waals surface area contributed by atoms with Gasteiger partial charge < -0.3 is 10.2 Å². The molecule has 0 bridgehead atoms. The summed E-state index contributed by atoms with van der Waals surface area (Å²) in [6.07, 6.45) is 10.9. The fourth-order valence-electron chi connectivity index (χ4n) is 6.73. The number of aliphatic hydroxyl groups excluding tert-OH is 1. The number of rotatable bonds is 1. The van der Waals surface area contributed by atoms with Crippen molar-refractivity contribution in [3.05, 3.63) is 11.6 Å². The summed E-state index contributed by atoms with van der Waals surface area (Å²) in [5, 5.41) is 20.5. The Morgan fingerprint density at radius 1 is 1.18 bits per heavy atom. The summed E-state index contributed by atoms with van der Waals surface area (Å²) in [5.41, 5.74) is 0.879. The SMILES string of the molecule is C[C@]12CC[C@@H]3[C@@H](CC=C4CCCC[C@@]43CO)[C@@H]1CCC2(O)F. The molecule has 6 atom stereocenters. The van der Waals surface area contributed by atoms with Crippen LogP contribution in [0.4, 0.5) is 4.39 Å². The molecule has 0 saturated heterocycles. The highest BCUT2D eigenvalue weighted by Gasteiger charge is 2.64. The Labute approximate surface area is 132 Å². The van der Waals surface area contributed by atoms with Crippen LogP contribution in [0.2, 0.25) is 0 Å². The Morgan fingerprint density at radius 3 is 2.73 bits per heavy atom. The molecule has 3 fully saturated rings. The number of hydrogen-bond donors (Lipinski definition) is 2. The molecule has 2 nitrogen and oxygen atoms in total. The van der Waals surface area contributed by atoms with Crippen molar-refractivity contribution < 1.29 is 14.6 Å². The topological polar surface area (TPSA) is 40.5 Å². The fourth-order valence-corrected chi connectivity index (χ4v) is 6.73. The number of aliphatic hydroxyl groups is 2. The molecule has 4 aliphatic rings. The van der Waals surface area contributed by atoms with Gasteiger partial charge in [0.1, 0.15) is 0 Å². The number of allylic oxidation sites excluding steroid dienone is 1. The van der Waals surface area contributed by atoms with Crippen molar-refractivity contribution in [1.82, 2.24) is 0 Å². The van der Waals surface area contributed by atoms with E-state index in [4.69, 9.17) is 0 Å². The van der Waals surface area contributed by atoms with Crippen LogP contribution in [0, 0.1) is 28.6 Å². The lowest BCUT2D eigenvalue weighted by atomic mass is 9.47. The first-order valence-electron chi connectivity index (χ1n) is 9.16. The third-order valence-electron chi connectivity index (χ3n) is 8.08. The van der Waals surface area contributed by atoms with Gasteiger partial charge in [-0.2, -0.15) is 0 Å². The minimum Gasteiger partial charge on any atom is -0.395 e. The Bertz CT molecular complexity index is 500. The molecule has 4 rings (SSSR count). The summed E-state index contributed by atoms with van der Waals surface area (Å²) in [5.74, 6) is -0.794. The molecule has 0 heterocycles. The molecule has 4 aliphatic carbocycles. The van der Waals surface area contributed by atoms with Gasteiger partial charge in [-0.05, 0) is 62.7 Å². The van der Waals surface area contributed by atoms with Gasteiger partial charge in [0.2, 0.25) is 5.85 Å². The van der Waals surface area contributed by atoms with Crippen molar-refractivity contribution in [3.63, 3.8) is 0 Å². The molecule has 2 N–H and O–H groups in total. The molecule has 0 aromatic rings. The Balaban J connectivity index is 1.72. The van der Waals surface area contributed by atoms with Crippen LogP contribution < -0.4 is 0 Å². The molecule has 0 radical (unpaired) electrons. The minimum absolute atomic E-state index is 0.0283. The van der Waals surface area contributed by atoms with Crippen molar-refractivity contribution >= 4 is 0 Å². The van der Waals surface area contributed by atoms with Gasteiger partial charge in [-0.1, -0.05) is 25.0 Å². The molecule has 0 aromatic carbocycles. The zero-order chi connectivity index (χ0) is 15.6. The van der Waals surface area contributed by atoms with Gasteiger partial charge in [0, 0.05) is 17.3 Å². The lowest BCUT2D eigenvalue weighted by Crippen LogP contribution is -2.54. The first-order chi connectivity index (χ1) is 10.4. The Hall–Kier alpha value is -0.410. The van der Waals surface area contributed by atoms with Crippen LogP contribution in [0.25, 0.3) is 0 Å². The van der Waals surface area contributed by atoms with Gasteiger partial charge >= 0.3 is 0 Å². The maximum atomic E-state index is 14.7. The van der Waals surface area contributed by atoms with Crippen LogP contribution in [-0.2, 0) is 0 Å². The first-order valence-corrected chi connectivity index (χ1v) is 9.16. The molecule has 1 unspecified atom stereocenters. The predicted octanol–water partition coefficient (Wildman–Crippen LogP) is 3.97. The highest BCUT2D eigenvalue weighted by molar-refractivity contribution is 5.26. The molecule has 3 heteroatoms. The van der Waals surface area contributed by atoms with Crippen LogP contribution in [0.15, 0.2) is 11.6 Å². The van der Waals surface area contributed by atoms with Crippen molar-refractivity contribution in [2.24, 2.45) is 28.6 Å². The third-order valence-corrected chi connectivity index (χ3v) is 8.08. The number of halogens is 1. The van der Waals surface area contributed by atoms with E-state index in [0.29, 0.717) is 18.3 Å². The zero-order valence-electron chi connectivity index (χ0n) is 13.7. The molecule has 22 heavy (non-hydrogen) atoms. The highest BCUT2D eigenvalue weighted by Crippen LogP contribution is 2.67. The second-order valence-electron chi connectivity index (χ2n) is 8.62. The monoisotopic (exact) mass is 308 g/mol. The molecule has 124 valence electrons.